The molecule has 2 aromatic heterocycles. The first-order chi connectivity index (χ1) is 11.2. The predicted molar refractivity (Wildman–Crippen MR) is 90.1 cm³/mol. The SMILES string of the molecule is O=C(Cn1ncccc1=O)NCc1ccccc1-c1ccsc1. The van der Waals surface area contributed by atoms with E-state index in [1.54, 1.807) is 17.4 Å². The molecule has 0 atom stereocenters. The maximum Gasteiger partial charge on any atom is 0.267 e. The first kappa shape index (κ1) is 15.2. The van der Waals surface area contributed by atoms with Crippen LogP contribution in [0.1, 0.15) is 5.56 Å². The molecule has 23 heavy (non-hydrogen) atoms. The van der Waals surface area contributed by atoms with Crippen molar-refractivity contribution in [2.75, 3.05) is 0 Å². The number of carbonyl (C=O) groups is 1. The molecule has 0 spiro atoms. The van der Waals surface area contributed by atoms with Crippen LogP contribution in [0.2, 0.25) is 0 Å². The first-order valence-electron chi connectivity index (χ1n) is 7.13. The van der Waals surface area contributed by atoms with Crippen LogP contribution in [0.5, 0.6) is 0 Å². The Labute approximate surface area is 137 Å². The van der Waals surface area contributed by atoms with Gasteiger partial charge in [0.25, 0.3) is 5.56 Å². The summed E-state index contributed by atoms with van der Waals surface area (Å²) in [5.41, 5.74) is 2.98. The van der Waals surface area contributed by atoms with E-state index in [1.807, 2.05) is 29.6 Å². The second-order valence-electron chi connectivity index (χ2n) is 4.97. The number of aromatic nitrogens is 2. The van der Waals surface area contributed by atoms with Crippen LogP contribution in [0, 0.1) is 0 Å². The predicted octanol–water partition coefficient (Wildman–Crippen LogP) is 2.29. The van der Waals surface area contributed by atoms with E-state index in [0.29, 0.717) is 6.54 Å². The molecular weight excluding hydrogens is 310 g/mol. The molecule has 3 aromatic rings. The number of thiophene rings is 1. The lowest BCUT2D eigenvalue weighted by Gasteiger charge is -2.10. The highest BCUT2D eigenvalue weighted by molar-refractivity contribution is 7.08. The third kappa shape index (κ3) is 3.73. The lowest BCUT2D eigenvalue weighted by Crippen LogP contribution is -2.32. The van der Waals surface area contributed by atoms with E-state index < -0.39 is 0 Å². The summed E-state index contributed by atoms with van der Waals surface area (Å²) in [6.07, 6.45) is 1.49. The highest BCUT2D eigenvalue weighted by atomic mass is 32.1. The summed E-state index contributed by atoms with van der Waals surface area (Å²) in [4.78, 5) is 23.6. The van der Waals surface area contributed by atoms with Crippen molar-refractivity contribution < 1.29 is 4.79 Å². The summed E-state index contributed by atoms with van der Waals surface area (Å²) in [6.45, 7) is 0.326. The standard InChI is InChI=1S/C17H15N3O2S/c21-16(11-20-17(22)6-3-8-19-20)18-10-13-4-1-2-5-15(13)14-7-9-23-12-14/h1-9,12H,10-11H2,(H,18,21). The van der Waals surface area contributed by atoms with Crippen LogP contribution in [0.3, 0.4) is 0 Å². The Morgan fingerprint density at radius 1 is 1.17 bits per heavy atom. The normalized spacial score (nSPS) is 10.4. The van der Waals surface area contributed by atoms with Crippen molar-refractivity contribution in [1.82, 2.24) is 15.1 Å². The molecule has 0 aliphatic rings. The number of amides is 1. The monoisotopic (exact) mass is 325 g/mol. The molecule has 1 amide bonds. The largest absolute Gasteiger partial charge is 0.350 e. The van der Waals surface area contributed by atoms with E-state index in [9.17, 15) is 9.59 Å². The van der Waals surface area contributed by atoms with Gasteiger partial charge < -0.3 is 5.32 Å². The topological polar surface area (TPSA) is 64.0 Å². The van der Waals surface area contributed by atoms with Gasteiger partial charge >= 0.3 is 0 Å². The fourth-order valence-electron chi connectivity index (χ4n) is 2.27. The number of nitrogens with one attached hydrogen (secondary N) is 1. The Hall–Kier alpha value is -2.73. The lowest BCUT2D eigenvalue weighted by molar-refractivity contribution is -0.122. The first-order valence-corrected chi connectivity index (χ1v) is 8.07. The molecular formula is C17H15N3O2S. The number of rotatable bonds is 5. The molecule has 0 fully saturated rings. The molecule has 0 bridgehead atoms. The van der Waals surface area contributed by atoms with Gasteiger partial charge in [0.15, 0.2) is 0 Å². The molecule has 1 aromatic carbocycles. The Balaban J connectivity index is 1.68. The van der Waals surface area contributed by atoms with Crippen LogP contribution in [0.15, 0.2) is 64.2 Å². The van der Waals surface area contributed by atoms with Crippen molar-refractivity contribution in [3.8, 4) is 11.1 Å². The highest BCUT2D eigenvalue weighted by Crippen LogP contribution is 2.25. The van der Waals surface area contributed by atoms with Crippen molar-refractivity contribution >= 4 is 17.2 Å². The van der Waals surface area contributed by atoms with Crippen LogP contribution in [0.25, 0.3) is 11.1 Å². The Bertz CT molecular complexity index is 856. The molecule has 0 saturated carbocycles. The average Bonchev–Trinajstić information content (AvgIpc) is 3.10. The van der Waals surface area contributed by atoms with Gasteiger partial charge in [-0.1, -0.05) is 24.3 Å². The minimum Gasteiger partial charge on any atom is -0.350 e. The minimum atomic E-state index is -0.290. The molecule has 0 unspecified atom stereocenters. The van der Waals surface area contributed by atoms with Crippen LogP contribution >= 0.6 is 11.3 Å². The lowest BCUT2D eigenvalue weighted by atomic mass is 10.0. The van der Waals surface area contributed by atoms with Gasteiger partial charge in [0, 0.05) is 18.8 Å². The molecule has 0 aliphatic heterocycles. The Morgan fingerprint density at radius 3 is 2.83 bits per heavy atom. The smallest absolute Gasteiger partial charge is 0.267 e. The van der Waals surface area contributed by atoms with Gasteiger partial charge in [0.1, 0.15) is 6.54 Å². The van der Waals surface area contributed by atoms with Gasteiger partial charge in [-0.15, -0.1) is 0 Å². The van der Waals surface area contributed by atoms with Crippen LogP contribution in [-0.4, -0.2) is 15.7 Å². The van der Waals surface area contributed by atoms with Crippen molar-refractivity contribution in [3.05, 3.63) is 75.3 Å². The summed E-state index contributed by atoms with van der Waals surface area (Å²) >= 11 is 1.64. The van der Waals surface area contributed by atoms with Gasteiger partial charge in [-0.3, -0.25) is 9.59 Å². The van der Waals surface area contributed by atoms with Gasteiger partial charge in [0.2, 0.25) is 5.91 Å². The van der Waals surface area contributed by atoms with Crippen LogP contribution in [-0.2, 0) is 17.9 Å². The number of benzene rings is 1. The molecule has 0 saturated heterocycles. The van der Waals surface area contributed by atoms with E-state index in [4.69, 9.17) is 0 Å². The van der Waals surface area contributed by atoms with E-state index >= 15 is 0 Å². The van der Waals surface area contributed by atoms with Gasteiger partial charge in [0.05, 0.1) is 0 Å². The van der Waals surface area contributed by atoms with Crippen LogP contribution < -0.4 is 10.9 Å². The second-order valence-corrected chi connectivity index (χ2v) is 5.75. The maximum atomic E-state index is 12.0. The maximum absolute atomic E-state index is 12.0. The van der Waals surface area contributed by atoms with Crippen LogP contribution in [0.4, 0.5) is 0 Å². The molecule has 3 rings (SSSR count). The van der Waals surface area contributed by atoms with E-state index in [2.05, 4.69) is 21.9 Å². The summed E-state index contributed by atoms with van der Waals surface area (Å²) in [5, 5.41) is 10.8. The number of nitrogens with zero attached hydrogens (tertiary/aromatic N) is 2. The molecule has 116 valence electrons. The molecule has 6 heteroatoms. The minimum absolute atomic E-state index is 0.0830. The van der Waals surface area contributed by atoms with Gasteiger partial charge in [-0.25, -0.2) is 4.68 Å². The third-order valence-electron chi connectivity index (χ3n) is 3.40. The van der Waals surface area contributed by atoms with Crippen molar-refractivity contribution in [2.24, 2.45) is 0 Å². The summed E-state index contributed by atoms with van der Waals surface area (Å²) < 4.78 is 1.14. The quantitative estimate of drug-likeness (QED) is 0.783. The Morgan fingerprint density at radius 2 is 2.04 bits per heavy atom. The number of hydrogen-bond donors (Lipinski definition) is 1. The molecule has 0 radical (unpaired) electrons. The summed E-state index contributed by atoms with van der Waals surface area (Å²) in [6, 6.07) is 12.9. The summed E-state index contributed by atoms with van der Waals surface area (Å²) in [7, 11) is 0. The molecule has 0 aliphatic carbocycles. The van der Waals surface area contributed by atoms with Gasteiger partial charge in [-0.2, -0.15) is 16.4 Å². The summed E-state index contributed by atoms with van der Waals surface area (Å²) in [5.74, 6) is -0.245. The molecule has 5 nitrogen and oxygen atoms in total. The molecule has 2 heterocycles. The zero-order valence-electron chi connectivity index (χ0n) is 12.3. The van der Waals surface area contributed by atoms with Crippen molar-refractivity contribution in [2.45, 2.75) is 13.1 Å². The number of carbonyl (C=O) groups excluding carboxylic acids is 1. The van der Waals surface area contributed by atoms with Gasteiger partial charge in [-0.05, 0) is 39.6 Å². The molecule has 1 N–H and O–H groups in total. The average molecular weight is 325 g/mol. The zero-order valence-corrected chi connectivity index (χ0v) is 13.1. The number of hydrogen-bond acceptors (Lipinski definition) is 4. The third-order valence-corrected chi connectivity index (χ3v) is 4.09. The highest BCUT2D eigenvalue weighted by Gasteiger charge is 2.08. The van der Waals surface area contributed by atoms with Crippen molar-refractivity contribution in [1.29, 1.82) is 0 Å². The second kappa shape index (κ2) is 7.02. The van der Waals surface area contributed by atoms with E-state index in [1.165, 1.54) is 12.3 Å². The van der Waals surface area contributed by atoms with Crippen molar-refractivity contribution in [3.63, 3.8) is 0 Å². The fourth-order valence-corrected chi connectivity index (χ4v) is 2.92. The Kier molecular flexibility index (Phi) is 4.63. The van der Waals surface area contributed by atoms with E-state index in [0.717, 1.165) is 21.4 Å². The zero-order chi connectivity index (χ0) is 16.1. The fraction of sp³-hybridized carbons (Fsp3) is 0.118. The van der Waals surface area contributed by atoms with E-state index in [-0.39, 0.29) is 18.0 Å².